The van der Waals surface area contributed by atoms with E-state index in [1.807, 2.05) is 0 Å². The van der Waals surface area contributed by atoms with E-state index >= 15 is 0 Å². The molecule has 1 nitrogen and oxygen atoms in total. The van der Waals surface area contributed by atoms with Gasteiger partial charge in [-0.1, -0.05) is 182 Å². The molecule has 0 unspecified atom stereocenters. The summed E-state index contributed by atoms with van der Waals surface area (Å²) in [6.07, 6.45) is 0. The summed E-state index contributed by atoms with van der Waals surface area (Å²) in [5.41, 5.74) is 0. The smallest absolute Gasteiger partial charge is 0.0134 e. The van der Waals surface area contributed by atoms with Crippen molar-refractivity contribution in [2.24, 2.45) is 0 Å². The Bertz CT molecular complexity index is 1280. The maximum atomic E-state index is 9.21. The van der Waals surface area contributed by atoms with Gasteiger partial charge in [-0.05, 0) is 47.7 Å². The van der Waals surface area contributed by atoms with Gasteiger partial charge < -0.3 is 0 Å². The van der Waals surface area contributed by atoms with Crippen LogP contribution in [0.15, 0.2) is 182 Å². The zero-order valence-electron chi connectivity index (χ0n) is 22.8. The topological polar surface area (TPSA) is 17.1 Å². The van der Waals surface area contributed by atoms with Crippen molar-refractivity contribution in [1.82, 2.24) is 0 Å². The first-order valence-electron chi connectivity index (χ1n) is 13.4. The molecular weight excluding hydrogens is 750 g/mol. The van der Waals surface area contributed by atoms with Crippen molar-refractivity contribution in [2.45, 2.75) is 0 Å². The second-order valence-electron chi connectivity index (χ2n) is 8.89. The summed E-state index contributed by atoms with van der Waals surface area (Å²) in [6.45, 7) is 0. The molecule has 0 heterocycles. The van der Waals surface area contributed by atoms with Gasteiger partial charge in [0, 0.05) is 0 Å². The second-order valence-corrected chi connectivity index (χ2v) is 15.5. The third kappa shape index (κ3) is 9.96. The van der Waals surface area contributed by atoms with Crippen LogP contribution in [0.4, 0.5) is 4.79 Å². The van der Waals surface area contributed by atoms with Crippen molar-refractivity contribution < 1.29 is 23.7 Å². The van der Waals surface area contributed by atoms with E-state index in [1.54, 1.807) is 0 Å². The Morgan fingerprint density at radius 3 is 0.595 bits per heavy atom. The molecule has 0 amide bonds. The van der Waals surface area contributed by atoms with Crippen LogP contribution < -0.4 is 31.8 Å². The molecule has 0 aliphatic heterocycles. The van der Waals surface area contributed by atoms with Gasteiger partial charge in [-0.2, -0.15) is 0 Å². The third-order valence-electron chi connectivity index (χ3n) is 6.09. The summed E-state index contributed by atoms with van der Waals surface area (Å²) in [5, 5.41) is 8.39. The molecule has 0 aliphatic rings. The molecule has 0 fully saturated rings. The van der Waals surface area contributed by atoms with Gasteiger partial charge in [-0.15, -0.1) is 0 Å². The standard InChI is InChI=1S/2C18H15P.CClO.Ir/c2*1-4-10-16(11-5-1)19(17-12-6-2-7-13-17)18-14-8-3-9-15-18;2-1-3;/h2*1-15H;;. The molecule has 0 N–H and O–H groups in total. The van der Waals surface area contributed by atoms with Crippen LogP contribution >= 0.6 is 27.4 Å². The zero-order valence-corrected chi connectivity index (χ0v) is 27.8. The van der Waals surface area contributed by atoms with Crippen LogP contribution in [0.25, 0.3) is 0 Å². The minimum absolute atomic E-state index is 0.361. The molecule has 0 saturated carbocycles. The van der Waals surface area contributed by atoms with Crippen LogP contribution in [0, 0.1) is 0 Å². The molecule has 0 bridgehead atoms. The van der Waals surface area contributed by atoms with Crippen molar-refractivity contribution in [3.05, 3.63) is 182 Å². The van der Waals surface area contributed by atoms with Crippen molar-refractivity contribution in [3.8, 4) is 0 Å². The van der Waals surface area contributed by atoms with Gasteiger partial charge in [-0.3, -0.25) is 0 Å². The van der Waals surface area contributed by atoms with Crippen molar-refractivity contribution >= 4 is 63.0 Å². The van der Waals surface area contributed by atoms with Crippen LogP contribution in [0.3, 0.4) is 0 Å². The molecule has 0 aromatic heterocycles. The molecule has 0 saturated heterocycles. The fourth-order valence-corrected chi connectivity index (χ4v) is 8.97. The minimum atomic E-state index is -0.446. The summed E-state index contributed by atoms with van der Waals surface area (Å²) in [4.78, 5) is 9.21. The Morgan fingerprint density at radius 2 is 0.476 bits per heavy atom. The number of carbonyl (C=O) groups is 1. The van der Waals surface area contributed by atoms with E-state index < -0.39 is 15.8 Å². The van der Waals surface area contributed by atoms with Gasteiger partial charge in [0.05, 0.1) is 0 Å². The number of hydrogen-bond donors (Lipinski definition) is 0. The van der Waals surface area contributed by atoms with Gasteiger partial charge in [0.2, 0.25) is 0 Å². The van der Waals surface area contributed by atoms with Gasteiger partial charge in [0.25, 0.3) is 0 Å². The van der Waals surface area contributed by atoms with Crippen molar-refractivity contribution in [2.75, 3.05) is 0 Å². The molecule has 210 valence electrons. The molecule has 0 radical (unpaired) electrons. The number of halogens is 1. The van der Waals surface area contributed by atoms with Crippen molar-refractivity contribution in [3.63, 3.8) is 0 Å². The summed E-state index contributed by atoms with van der Waals surface area (Å²) in [5.74, 6) is 0. The predicted octanol–water partition coefficient (Wildman–Crippen LogP) is 7.78. The summed E-state index contributed by atoms with van der Waals surface area (Å²) >= 11 is 5.93. The first-order chi connectivity index (χ1) is 20.6. The number of carbonyl (C=O) groups excluding carboxylic acids is 1. The average Bonchev–Trinajstić information content (AvgIpc) is 3.05. The van der Waals surface area contributed by atoms with E-state index in [0.717, 1.165) is 0 Å². The molecular formula is C37H30ClIrOP2. The van der Waals surface area contributed by atoms with Crippen LogP contribution in [0.2, 0.25) is 0 Å². The Kier molecular flexibility index (Phi) is 13.4. The molecule has 6 aromatic carbocycles. The largest absolute Gasteiger partial charge is 0.0622 e. The monoisotopic (exact) mass is 780 g/mol. The molecule has 42 heavy (non-hydrogen) atoms. The molecule has 5 heteroatoms. The molecule has 6 rings (SSSR count). The molecule has 6 aromatic rings. The number of benzene rings is 6. The SMILES string of the molecule is O=[C](Cl)[Ir].c1ccc(P(c2ccccc2)c2ccccc2)cc1.c1ccc(P(c2ccccc2)c2ccccc2)cc1. The fraction of sp³-hybridized carbons (Fsp3) is 0. The normalized spacial score (nSPS) is 10.2. The first-order valence-corrected chi connectivity index (χ1v) is 17.6. The van der Waals surface area contributed by atoms with Gasteiger partial charge >= 0.3 is 39.1 Å². The fourth-order valence-electron chi connectivity index (χ4n) is 4.36. The van der Waals surface area contributed by atoms with Crippen LogP contribution in [0.1, 0.15) is 0 Å². The second kappa shape index (κ2) is 17.7. The van der Waals surface area contributed by atoms with E-state index in [0.29, 0.717) is 0 Å². The molecule has 0 aliphatic carbocycles. The number of hydrogen-bond acceptors (Lipinski definition) is 1. The first kappa shape index (κ1) is 31.7. The average molecular weight is 780 g/mol. The Morgan fingerprint density at radius 1 is 0.357 bits per heavy atom. The summed E-state index contributed by atoms with van der Waals surface area (Å²) in [7, 11) is -0.892. The molecule has 0 spiro atoms. The maximum Gasteiger partial charge on any atom is -0.0134 e. The number of rotatable bonds is 6. The van der Waals surface area contributed by atoms with E-state index in [9.17, 15) is 4.79 Å². The van der Waals surface area contributed by atoms with E-state index in [1.165, 1.54) is 50.7 Å². The zero-order chi connectivity index (χ0) is 29.4. The minimum Gasteiger partial charge on any atom is -0.0622 e. The van der Waals surface area contributed by atoms with E-state index in [4.69, 9.17) is 0 Å². The van der Waals surface area contributed by atoms with Gasteiger partial charge in [0.15, 0.2) is 0 Å². The maximum absolute atomic E-state index is 9.21. The van der Waals surface area contributed by atoms with Crippen LogP contribution in [-0.2, 0) is 18.9 Å². The van der Waals surface area contributed by atoms with Gasteiger partial charge in [0.1, 0.15) is 0 Å². The third-order valence-corrected chi connectivity index (χ3v) is 11.0. The van der Waals surface area contributed by atoms with Gasteiger partial charge in [-0.25, -0.2) is 0 Å². The molecule has 0 atom stereocenters. The van der Waals surface area contributed by atoms with Crippen LogP contribution in [-0.4, -0.2) is 3.76 Å². The van der Waals surface area contributed by atoms with E-state index in [-0.39, 0.29) is 3.76 Å². The summed E-state index contributed by atoms with van der Waals surface area (Å²) < 4.78 is -0.361. The summed E-state index contributed by atoms with van der Waals surface area (Å²) in [6, 6.07) is 64.7. The Labute approximate surface area is 267 Å². The Balaban J connectivity index is 0.000000171. The van der Waals surface area contributed by atoms with Crippen LogP contribution in [0.5, 0.6) is 0 Å². The quantitative estimate of drug-likeness (QED) is 0.125. The predicted molar refractivity (Wildman–Crippen MR) is 182 cm³/mol. The van der Waals surface area contributed by atoms with E-state index in [2.05, 4.69) is 194 Å². The van der Waals surface area contributed by atoms with Crippen molar-refractivity contribution in [1.29, 1.82) is 0 Å². The Hall–Kier alpha value is -3.21.